The van der Waals surface area contributed by atoms with E-state index in [1.807, 2.05) is 0 Å². The van der Waals surface area contributed by atoms with Crippen molar-refractivity contribution >= 4 is 39.2 Å². The van der Waals surface area contributed by atoms with Crippen LogP contribution in [0.15, 0.2) is 53.0 Å². The predicted molar refractivity (Wildman–Crippen MR) is 82.7 cm³/mol. The number of hydrogen-bond acceptors (Lipinski definition) is 3. The summed E-state index contributed by atoms with van der Waals surface area (Å²) in [6, 6.07) is 13.0. The molecule has 0 heterocycles. The van der Waals surface area contributed by atoms with Crippen LogP contribution in [0.25, 0.3) is 11.6 Å². The van der Waals surface area contributed by atoms with E-state index < -0.39 is 10.9 Å². The van der Waals surface area contributed by atoms with Gasteiger partial charge in [-0.15, -0.1) is 0 Å². The Morgan fingerprint density at radius 3 is 2.38 bits per heavy atom. The Balaban J connectivity index is 2.65. The number of hydrogen-bond donors (Lipinski definition) is 1. The van der Waals surface area contributed by atoms with Gasteiger partial charge in [-0.25, -0.2) is 4.79 Å². The zero-order valence-corrected chi connectivity index (χ0v) is 12.3. The van der Waals surface area contributed by atoms with Gasteiger partial charge in [0, 0.05) is 10.5 Å². The number of carboxylic acids is 1. The predicted octanol–water partition coefficient (Wildman–Crippen LogP) is 3.98. The molecule has 0 aliphatic heterocycles. The molecule has 0 bridgehead atoms. The van der Waals surface area contributed by atoms with Gasteiger partial charge >= 0.3 is 5.97 Å². The van der Waals surface area contributed by atoms with Crippen LogP contribution in [0.4, 0.5) is 5.69 Å². The van der Waals surface area contributed by atoms with E-state index in [0.717, 1.165) is 0 Å². The summed E-state index contributed by atoms with van der Waals surface area (Å²) in [6.07, 6.45) is 1.31. The van der Waals surface area contributed by atoms with E-state index in [4.69, 9.17) is 0 Å². The van der Waals surface area contributed by atoms with Crippen LogP contribution in [-0.2, 0) is 4.79 Å². The maximum Gasteiger partial charge on any atom is 0.336 e. The molecule has 0 unspecified atom stereocenters. The fraction of sp³-hybridized carbons (Fsp3) is 0. The normalized spacial score (nSPS) is 11.2. The Morgan fingerprint density at radius 2 is 1.81 bits per heavy atom. The summed E-state index contributed by atoms with van der Waals surface area (Å²) in [6.45, 7) is 0. The molecular formula is C15H10BrNO4. The molecule has 0 atom stereocenters. The number of carboxylic acid groups (broad SMARTS) is 1. The molecule has 2 aromatic rings. The maximum absolute atomic E-state index is 11.4. The first-order chi connectivity index (χ1) is 10.0. The largest absolute Gasteiger partial charge is 0.478 e. The third-order valence-corrected chi connectivity index (χ3v) is 3.52. The van der Waals surface area contributed by atoms with Crippen LogP contribution < -0.4 is 0 Å². The van der Waals surface area contributed by atoms with Crippen molar-refractivity contribution < 1.29 is 14.8 Å². The van der Waals surface area contributed by atoms with Gasteiger partial charge in [-0.2, -0.15) is 0 Å². The van der Waals surface area contributed by atoms with Gasteiger partial charge in [-0.05, 0) is 33.6 Å². The number of rotatable bonds is 4. The molecule has 5 nitrogen and oxygen atoms in total. The molecule has 0 aromatic heterocycles. The summed E-state index contributed by atoms with van der Waals surface area (Å²) in [5.74, 6) is -1.15. The number of aliphatic carboxylic acids is 1. The van der Waals surface area contributed by atoms with Gasteiger partial charge in [0.15, 0.2) is 0 Å². The van der Waals surface area contributed by atoms with Crippen molar-refractivity contribution in [3.8, 4) is 0 Å². The fourth-order valence-electron chi connectivity index (χ4n) is 1.86. The molecule has 21 heavy (non-hydrogen) atoms. The first-order valence-electron chi connectivity index (χ1n) is 5.94. The van der Waals surface area contributed by atoms with Crippen molar-refractivity contribution in [3.05, 3.63) is 74.2 Å². The highest BCUT2D eigenvalue weighted by Crippen LogP contribution is 2.31. The zero-order chi connectivity index (χ0) is 15.4. The van der Waals surface area contributed by atoms with E-state index in [1.165, 1.54) is 18.2 Å². The zero-order valence-electron chi connectivity index (χ0n) is 10.7. The molecule has 106 valence electrons. The van der Waals surface area contributed by atoms with Gasteiger partial charge < -0.3 is 5.11 Å². The van der Waals surface area contributed by atoms with Gasteiger partial charge in [-0.3, -0.25) is 10.1 Å². The van der Waals surface area contributed by atoms with E-state index in [1.54, 1.807) is 36.4 Å². The number of nitro groups is 1. The highest BCUT2D eigenvalue weighted by molar-refractivity contribution is 9.10. The number of benzene rings is 2. The average molecular weight is 348 g/mol. The maximum atomic E-state index is 11.4. The Kier molecular flexibility index (Phi) is 4.49. The van der Waals surface area contributed by atoms with Gasteiger partial charge in [0.2, 0.25) is 0 Å². The smallest absolute Gasteiger partial charge is 0.336 e. The first kappa shape index (κ1) is 14.9. The molecule has 0 saturated carbocycles. The quantitative estimate of drug-likeness (QED) is 0.392. The Labute approximate surface area is 128 Å². The number of carbonyl (C=O) groups is 1. The minimum atomic E-state index is -1.15. The lowest BCUT2D eigenvalue weighted by Gasteiger charge is -2.05. The molecule has 0 spiro atoms. The van der Waals surface area contributed by atoms with Crippen LogP contribution in [0.3, 0.4) is 0 Å². The van der Waals surface area contributed by atoms with Gasteiger partial charge in [0.05, 0.1) is 16.1 Å². The van der Waals surface area contributed by atoms with Crippen molar-refractivity contribution in [3.63, 3.8) is 0 Å². The summed E-state index contributed by atoms with van der Waals surface area (Å²) in [4.78, 5) is 22.0. The van der Waals surface area contributed by atoms with Crippen molar-refractivity contribution in [1.29, 1.82) is 0 Å². The summed E-state index contributed by atoms with van der Waals surface area (Å²) in [7, 11) is 0. The summed E-state index contributed by atoms with van der Waals surface area (Å²) < 4.78 is 0.464. The standard InChI is InChI=1S/C15H10BrNO4/c16-13-7-4-8-14(17(20)21)12(13)9-11(15(18)19)10-5-2-1-3-6-10/h1-9H,(H,18,19)/b11-9+. The average Bonchev–Trinajstić information content (AvgIpc) is 2.46. The topological polar surface area (TPSA) is 80.4 Å². The van der Waals surface area contributed by atoms with Crippen molar-refractivity contribution in [1.82, 2.24) is 0 Å². The number of nitrogens with zero attached hydrogens (tertiary/aromatic N) is 1. The Bertz CT molecular complexity index is 726. The van der Waals surface area contributed by atoms with Gasteiger partial charge in [-0.1, -0.05) is 36.4 Å². The molecule has 0 aliphatic carbocycles. The first-order valence-corrected chi connectivity index (χ1v) is 6.73. The fourth-order valence-corrected chi connectivity index (χ4v) is 2.33. The second-order valence-corrected chi connectivity index (χ2v) is 5.01. The molecule has 6 heteroatoms. The van der Waals surface area contributed by atoms with Crippen LogP contribution >= 0.6 is 15.9 Å². The molecule has 0 amide bonds. The minimum absolute atomic E-state index is 0.00870. The number of halogens is 1. The van der Waals surface area contributed by atoms with Crippen LogP contribution in [0.2, 0.25) is 0 Å². The number of nitro benzene ring substituents is 1. The lowest BCUT2D eigenvalue weighted by Crippen LogP contribution is -2.00. The van der Waals surface area contributed by atoms with E-state index in [-0.39, 0.29) is 16.8 Å². The molecule has 0 fully saturated rings. The lowest BCUT2D eigenvalue weighted by atomic mass is 10.0. The van der Waals surface area contributed by atoms with Crippen LogP contribution in [0.5, 0.6) is 0 Å². The summed E-state index contributed by atoms with van der Waals surface area (Å²) >= 11 is 3.22. The molecule has 1 N–H and O–H groups in total. The molecule has 2 rings (SSSR count). The molecule has 0 radical (unpaired) electrons. The molecule has 2 aromatic carbocycles. The van der Waals surface area contributed by atoms with E-state index in [2.05, 4.69) is 15.9 Å². The van der Waals surface area contributed by atoms with Crippen molar-refractivity contribution in [2.75, 3.05) is 0 Å². The Hall–Kier alpha value is -2.47. The Morgan fingerprint density at radius 1 is 1.14 bits per heavy atom. The molecule has 0 saturated heterocycles. The minimum Gasteiger partial charge on any atom is -0.478 e. The van der Waals surface area contributed by atoms with Crippen LogP contribution in [0, 0.1) is 10.1 Å². The molecule has 0 aliphatic rings. The van der Waals surface area contributed by atoms with Gasteiger partial charge in [0.25, 0.3) is 5.69 Å². The molecular weight excluding hydrogens is 338 g/mol. The van der Waals surface area contributed by atoms with Crippen molar-refractivity contribution in [2.24, 2.45) is 0 Å². The highest BCUT2D eigenvalue weighted by Gasteiger charge is 2.18. The van der Waals surface area contributed by atoms with E-state index in [9.17, 15) is 20.0 Å². The second kappa shape index (κ2) is 6.32. The SMILES string of the molecule is O=C(O)/C(=C/c1c(Br)cccc1[N+](=O)[O-])c1ccccc1. The monoisotopic (exact) mass is 347 g/mol. The summed E-state index contributed by atoms with van der Waals surface area (Å²) in [5.41, 5.74) is 0.545. The third-order valence-electron chi connectivity index (χ3n) is 2.83. The van der Waals surface area contributed by atoms with Gasteiger partial charge in [0.1, 0.15) is 0 Å². The van der Waals surface area contributed by atoms with Crippen LogP contribution in [-0.4, -0.2) is 16.0 Å². The van der Waals surface area contributed by atoms with Crippen LogP contribution in [0.1, 0.15) is 11.1 Å². The van der Waals surface area contributed by atoms with E-state index >= 15 is 0 Å². The van der Waals surface area contributed by atoms with Crippen molar-refractivity contribution in [2.45, 2.75) is 0 Å². The summed E-state index contributed by atoms with van der Waals surface area (Å²) in [5, 5.41) is 20.4. The van der Waals surface area contributed by atoms with E-state index in [0.29, 0.717) is 10.0 Å². The third kappa shape index (κ3) is 3.35. The highest BCUT2D eigenvalue weighted by atomic mass is 79.9. The lowest BCUT2D eigenvalue weighted by molar-refractivity contribution is -0.385. The second-order valence-electron chi connectivity index (χ2n) is 4.16.